The quantitative estimate of drug-likeness (QED) is 0.919. The topological polar surface area (TPSA) is 51.2 Å². The Bertz CT molecular complexity index is 578. The number of hydrogen-bond acceptors (Lipinski definition) is 4. The fourth-order valence-corrected chi connectivity index (χ4v) is 2.51. The van der Waals surface area contributed by atoms with Gasteiger partial charge in [0, 0.05) is 10.9 Å². The first-order chi connectivity index (χ1) is 9.60. The Morgan fingerprint density at radius 2 is 2.10 bits per heavy atom. The third-order valence-corrected chi connectivity index (χ3v) is 3.65. The van der Waals surface area contributed by atoms with E-state index in [-0.39, 0.29) is 11.9 Å². The van der Waals surface area contributed by atoms with Gasteiger partial charge in [-0.25, -0.2) is 4.98 Å². The molecule has 1 aromatic carbocycles. The molecule has 0 fully saturated rings. The summed E-state index contributed by atoms with van der Waals surface area (Å²) in [6.07, 6.45) is 0. The van der Waals surface area contributed by atoms with Crippen LogP contribution in [-0.4, -0.2) is 17.5 Å². The summed E-state index contributed by atoms with van der Waals surface area (Å²) in [5.74, 6) is 0.665. The molecule has 0 bridgehead atoms. The van der Waals surface area contributed by atoms with Crippen molar-refractivity contribution < 1.29 is 9.53 Å². The van der Waals surface area contributed by atoms with Crippen LogP contribution in [0.5, 0.6) is 5.75 Å². The number of aromatic nitrogens is 1. The van der Waals surface area contributed by atoms with Gasteiger partial charge in [0.05, 0.1) is 23.4 Å². The zero-order valence-corrected chi connectivity index (χ0v) is 12.7. The lowest BCUT2D eigenvalue weighted by Crippen LogP contribution is -2.26. The zero-order valence-electron chi connectivity index (χ0n) is 11.8. The van der Waals surface area contributed by atoms with E-state index in [0.717, 1.165) is 16.5 Å². The maximum Gasteiger partial charge on any atom is 0.251 e. The number of hydrogen-bond donors (Lipinski definition) is 1. The monoisotopic (exact) mass is 290 g/mol. The molecule has 1 N–H and O–H groups in total. The molecule has 2 aromatic rings. The van der Waals surface area contributed by atoms with Crippen molar-refractivity contribution in [3.05, 3.63) is 45.9 Å². The highest BCUT2D eigenvalue weighted by Gasteiger charge is 2.13. The van der Waals surface area contributed by atoms with Crippen molar-refractivity contribution in [1.29, 1.82) is 0 Å². The first-order valence-electron chi connectivity index (χ1n) is 6.56. The first kappa shape index (κ1) is 14.5. The molecular formula is C15H18N2O2S. The normalized spacial score (nSPS) is 11.9. The van der Waals surface area contributed by atoms with Crippen LogP contribution in [0.4, 0.5) is 0 Å². The van der Waals surface area contributed by atoms with E-state index in [1.165, 1.54) is 0 Å². The van der Waals surface area contributed by atoms with E-state index in [1.807, 2.05) is 26.2 Å². The van der Waals surface area contributed by atoms with E-state index >= 15 is 0 Å². The summed E-state index contributed by atoms with van der Waals surface area (Å²) in [5.41, 5.74) is 1.51. The van der Waals surface area contributed by atoms with Crippen molar-refractivity contribution in [3.63, 3.8) is 0 Å². The van der Waals surface area contributed by atoms with E-state index in [0.29, 0.717) is 12.2 Å². The van der Waals surface area contributed by atoms with E-state index in [9.17, 15) is 4.79 Å². The molecule has 4 nitrogen and oxygen atoms in total. The second-order valence-corrected chi connectivity index (χ2v) is 5.51. The maximum atomic E-state index is 12.1. The van der Waals surface area contributed by atoms with Gasteiger partial charge < -0.3 is 10.1 Å². The smallest absolute Gasteiger partial charge is 0.251 e. The minimum atomic E-state index is -0.105. The van der Waals surface area contributed by atoms with E-state index in [2.05, 4.69) is 10.3 Å². The van der Waals surface area contributed by atoms with E-state index in [4.69, 9.17) is 4.74 Å². The third-order valence-electron chi connectivity index (χ3n) is 2.86. The highest BCUT2D eigenvalue weighted by Crippen LogP contribution is 2.17. The molecule has 1 unspecified atom stereocenters. The molecule has 0 radical (unpaired) electrons. The first-order valence-corrected chi connectivity index (χ1v) is 7.44. The summed E-state index contributed by atoms with van der Waals surface area (Å²) < 4.78 is 5.35. The van der Waals surface area contributed by atoms with Crippen LogP contribution in [0.1, 0.15) is 40.9 Å². The van der Waals surface area contributed by atoms with Gasteiger partial charge in [-0.2, -0.15) is 0 Å². The molecule has 20 heavy (non-hydrogen) atoms. The number of carbonyl (C=O) groups is 1. The van der Waals surface area contributed by atoms with Crippen molar-refractivity contribution in [2.45, 2.75) is 26.8 Å². The molecule has 1 aromatic heterocycles. The van der Waals surface area contributed by atoms with Gasteiger partial charge in [0.15, 0.2) is 0 Å². The number of aryl methyl sites for hydroxylation is 1. The molecular weight excluding hydrogens is 272 g/mol. The molecule has 1 atom stereocenters. The molecule has 2 rings (SSSR count). The summed E-state index contributed by atoms with van der Waals surface area (Å²) in [6.45, 7) is 6.43. The molecule has 0 aliphatic heterocycles. The summed E-state index contributed by atoms with van der Waals surface area (Å²) >= 11 is 1.58. The number of nitrogens with one attached hydrogen (secondary N) is 1. The second-order valence-electron chi connectivity index (χ2n) is 4.44. The molecule has 0 saturated carbocycles. The molecule has 5 heteroatoms. The van der Waals surface area contributed by atoms with Gasteiger partial charge in [0.2, 0.25) is 0 Å². The van der Waals surface area contributed by atoms with Crippen molar-refractivity contribution in [2.24, 2.45) is 0 Å². The fourth-order valence-electron chi connectivity index (χ4n) is 1.80. The Balaban J connectivity index is 2.00. The van der Waals surface area contributed by atoms with Crippen LogP contribution in [0.25, 0.3) is 0 Å². The van der Waals surface area contributed by atoms with Crippen LogP contribution in [0, 0.1) is 6.92 Å². The average Bonchev–Trinajstić information content (AvgIpc) is 2.86. The lowest BCUT2D eigenvalue weighted by Gasteiger charge is -2.12. The summed E-state index contributed by atoms with van der Waals surface area (Å²) in [5, 5.41) is 5.91. The number of ether oxygens (including phenoxy) is 1. The Labute approximate surface area is 122 Å². The second kappa shape index (κ2) is 6.52. The Morgan fingerprint density at radius 1 is 1.40 bits per heavy atom. The van der Waals surface area contributed by atoms with Gasteiger partial charge in [0.1, 0.15) is 5.75 Å². The van der Waals surface area contributed by atoms with Crippen LogP contribution >= 0.6 is 11.3 Å². The van der Waals surface area contributed by atoms with Crippen LogP contribution in [0.2, 0.25) is 0 Å². The van der Waals surface area contributed by atoms with Crippen molar-refractivity contribution in [3.8, 4) is 5.75 Å². The van der Waals surface area contributed by atoms with Gasteiger partial charge in [-0.05, 0) is 45.0 Å². The molecule has 0 aliphatic rings. The predicted octanol–water partition coefficient (Wildman–Crippen LogP) is 3.34. The minimum absolute atomic E-state index is 0.0981. The number of amides is 1. The van der Waals surface area contributed by atoms with Crippen LogP contribution in [-0.2, 0) is 0 Å². The number of carbonyl (C=O) groups excluding carboxylic acids is 1. The molecule has 1 heterocycles. The molecule has 0 spiro atoms. The SMILES string of the molecule is CCOc1ccc(C(=O)NC(C)c2csc(C)n2)cc1. The summed E-state index contributed by atoms with van der Waals surface area (Å²) in [6, 6.07) is 7.03. The van der Waals surface area contributed by atoms with Crippen LogP contribution in [0.15, 0.2) is 29.6 Å². The largest absolute Gasteiger partial charge is 0.494 e. The molecule has 0 aliphatic carbocycles. The average molecular weight is 290 g/mol. The molecule has 106 valence electrons. The van der Waals surface area contributed by atoms with E-state index < -0.39 is 0 Å². The molecule has 1 amide bonds. The lowest BCUT2D eigenvalue weighted by atomic mass is 10.2. The Morgan fingerprint density at radius 3 is 2.65 bits per heavy atom. The number of benzene rings is 1. The number of nitrogens with zero attached hydrogens (tertiary/aromatic N) is 1. The van der Waals surface area contributed by atoms with Crippen LogP contribution < -0.4 is 10.1 Å². The van der Waals surface area contributed by atoms with Crippen molar-refractivity contribution in [1.82, 2.24) is 10.3 Å². The standard InChI is InChI=1S/C15H18N2O2S/c1-4-19-13-7-5-12(6-8-13)15(18)16-10(2)14-9-20-11(3)17-14/h5-10H,4H2,1-3H3,(H,16,18). The van der Waals surface area contributed by atoms with Gasteiger partial charge in [-0.15, -0.1) is 11.3 Å². The Hall–Kier alpha value is -1.88. The number of thiazole rings is 1. The van der Waals surface area contributed by atoms with Gasteiger partial charge in [-0.3, -0.25) is 4.79 Å². The fraction of sp³-hybridized carbons (Fsp3) is 0.333. The van der Waals surface area contributed by atoms with Crippen LogP contribution in [0.3, 0.4) is 0 Å². The number of rotatable bonds is 5. The van der Waals surface area contributed by atoms with E-state index in [1.54, 1.807) is 35.6 Å². The zero-order chi connectivity index (χ0) is 14.5. The minimum Gasteiger partial charge on any atom is -0.494 e. The maximum absolute atomic E-state index is 12.1. The predicted molar refractivity (Wildman–Crippen MR) is 80.3 cm³/mol. The van der Waals surface area contributed by atoms with Gasteiger partial charge in [0.25, 0.3) is 5.91 Å². The lowest BCUT2D eigenvalue weighted by molar-refractivity contribution is 0.0939. The Kier molecular flexibility index (Phi) is 4.74. The highest BCUT2D eigenvalue weighted by atomic mass is 32.1. The third kappa shape index (κ3) is 3.57. The van der Waals surface area contributed by atoms with Gasteiger partial charge >= 0.3 is 0 Å². The summed E-state index contributed by atoms with van der Waals surface area (Å²) in [4.78, 5) is 16.5. The van der Waals surface area contributed by atoms with Crippen molar-refractivity contribution in [2.75, 3.05) is 6.61 Å². The van der Waals surface area contributed by atoms with Crippen molar-refractivity contribution >= 4 is 17.2 Å². The molecule has 0 saturated heterocycles. The summed E-state index contributed by atoms with van der Waals surface area (Å²) in [7, 11) is 0. The van der Waals surface area contributed by atoms with Gasteiger partial charge in [-0.1, -0.05) is 0 Å². The highest BCUT2D eigenvalue weighted by molar-refractivity contribution is 7.09.